The van der Waals surface area contributed by atoms with Crippen molar-refractivity contribution >= 4 is 17.8 Å². The number of nitrogens with zero attached hydrogens (tertiary/aromatic N) is 2. The number of benzene rings is 1. The van der Waals surface area contributed by atoms with Crippen molar-refractivity contribution in [3.05, 3.63) is 35.4 Å². The molecule has 2 heterocycles. The Morgan fingerprint density at radius 3 is 2.37 bits per heavy atom. The van der Waals surface area contributed by atoms with Crippen LogP contribution >= 0.6 is 0 Å². The van der Waals surface area contributed by atoms with Crippen molar-refractivity contribution in [3.8, 4) is 0 Å². The predicted molar refractivity (Wildman–Crippen MR) is 95.5 cm³/mol. The van der Waals surface area contributed by atoms with E-state index in [9.17, 15) is 19.5 Å². The molecule has 0 radical (unpaired) electrons. The average Bonchev–Trinajstić information content (AvgIpc) is 3.00. The van der Waals surface area contributed by atoms with Crippen LogP contribution in [0.15, 0.2) is 24.3 Å². The maximum absolute atomic E-state index is 13.3. The van der Waals surface area contributed by atoms with Gasteiger partial charge in [-0.2, -0.15) is 0 Å². The second-order valence-electron chi connectivity index (χ2n) is 7.56. The molecule has 0 N–H and O–H groups in total. The zero-order valence-electron chi connectivity index (χ0n) is 15.9. The second-order valence-corrected chi connectivity index (χ2v) is 7.56. The highest BCUT2D eigenvalue weighted by atomic mass is 16.5. The van der Waals surface area contributed by atoms with Crippen LogP contribution in [0.4, 0.5) is 0 Å². The van der Waals surface area contributed by atoms with E-state index in [4.69, 9.17) is 4.74 Å². The molecule has 146 valence electrons. The molecule has 0 bridgehead atoms. The number of carbonyl (C=O) groups is 3. The van der Waals surface area contributed by atoms with Crippen LogP contribution in [0.1, 0.15) is 42.6 Å². The number of carbonyl (C=O) groups excluding carboxylic acids is 3. The molecular formula is C20H25N2O5-. The SMILES string of the molecule is Cc1ccccc1C(=O)N1[C@@H](C(=O)[O-])COC12CCN(C(=O)C(C)C)CC2. The lowest BCUT2D eigenvalue weighted by atomic mass is 9.95. The van der Waals surface area contributed by atoms with Gasteiger partial charge in [0.1, 0.15) is 5.72 Å². The van der Waals surface area contributed by atoms with Gasteiger partial charge in [-0.3, -0.25) is 14.5 Å². The fourth-order valence-corrected chi connectivity index (χ4v) is 3.93. The van der Waals surface area contributed by atoms with E-state index in [1.165, 1.54) is 4.90 Å². The number of carboxylic acids is 1. The summed E-state index contributed by atoms with van der Waals surface area (Å²) in [5.41, 5.74) is 0.209. The first-order valence-corrected chi connectivity index (χ1v) is 9.30. The molecule has 1 spiro atoms. The molecule has 3 rings (SSSR count). The Balaban J connectivity index is 1.89. The van der Waals surface area contributed by atoms with Gasteiger partial charge in [0.2, 0.25) is 5.91 Å². The predicted octanol–water partition coefficient (Wildman–Crippen LogP) is 0.561. The molecule has 0 saturated carbocycles. The largest absolute Gasteiger partial charge is 0.548 e. The Morgan fingerprint density at radius 2 is 1.81 bits per heavy atom. The van der Waals surface area contributed by atoms with Crippen molar-refractivity contribution in [2.75, 3.05) is 19.7 Å². The minimum atomic E-state index is -1.32. The fraction of sp³-hybridized carbons (Fsp3) is 0.550. The van der Waals surface area contributed by atoms with Gasteiger partial charge in [-0.25, -0.2) is 0 Å². The van der Waals surface area contributed by atoms with Gasteiger partial charge in [0.15, 0.2) is 0 Å². The van der Waals surface area contributed by atoms with Crippen LogP contribution in [0.2, 0.25) is 0 Å². The van der Waals surface area contributed by atoms with E-state index in [0.717, 1.165) is 5.56 Å². The van der Waals surface area contributed by atoms with E-state index in [1.807, 2.05) is 32.9 Å². The number of hydrogen-bond donors (Lipinski definition) is 0. The molecule has 0 unspecified atom stereocenters. The molecule has 1 aromatic carbocycles. The number of likely N-dealkylation sites (tertiary alicyclic amines) is 1. The molecule has 2 aliphatic heterocycles. The highest BCUT2D eigenvalue weighted by Gasteiger charge is 2.52. The number of aliphatic carboxylic acids is 1. The number of piperidine rings is 1. The van der Waals surface area contributed by atoms with Crippen molar-refractivity contribution in [2.45, 2.75) is 45.4 Å². The molecule has 1 aromatic rings. The highest BCUT2D eigenvalue weighted by molar-refractivity contribution is 5.98. The molecule has 2 fully saturated rings. The molecule has 7 heteroatoms. The lowest BCUT2D eigenvalue weighted by molar-refractivity contribution is -0.310. The van der Waals surface area contributed by atoms with E-state index in [0.29, 0.717) is 31.5 Å². The third-order valence-corrected chi connectivity index (χ3v) is 5.48. The minimum absolute atomic E-state index is 0.0519. The number of carboxylic acid groups (broad SMARTS) is 1. The number of amides is 2. The molecule has 7 nitrogen and oxygen atoms in total. The Bertz CT molecular complexity index is 752. The van der Waals surface area contributed by atoms with Crippen LogP contribution < -0.4 is 5.11 Å². The third kappa shape index (κ3) is 3.43. The summed E-state index contributed by atoms with van der Waals surface area (Å²) >= 11 is 0. The quantitative estimate of drug-likeness (QED) is 0.772. The van der Waals surface area contributed by atoms with Crippen molar-refractivity contribution in [2.24, 2.45) is 5.92 Å². The van der Waals surface area contributed by atoms with Crippen molar-refractivity contribution in [3.63, 3.8) is 0 Å². The van der Waals surface area contributed by atoms with Crippen molar-refractivity contribution in [1.29, 1.82) is 0 Å². The highest BCUT2D eigenvalue weighted by Crippen LogP contribution is 2.38. The van der Waals surface area contributed by atoms with Gasteiger partial charge in [-0.1, -0.05) is 32.0 Å². The fourth-order valence-electron chi connectivity index (χ4n) is 3.93. The van der Waals surface area contributed by atoms with Gasteiger partial charge in [-0.05, 0) is 18.6 Å². The van der Waals surface area contributed by atoms with Crippen LogP contribution in [-0.4, -0.2) is 59.0 Å². The molecule has 0 aliphatic carbocycles. The molecule has 27 heavy (non-hydrogen) atoms. The first kappa shape index (κ1) is 19.4. The van der Waals surface area contributed by atoms with Gasteiger partial charge < -0.3 is 19.5 Å². The maximum atomic E-state index is 13.3. The van der Waals surface area contributed by atoms with Gasteiger partial charge in [0, 0.05) is 37.4 Å². The van der Waals surface area contributed by atoms with E-state index >= 15 is 0 Å². The van der Waals surface area contributed by atoms with Crippen LogP contribution in [0.5, 0.6) is 0 Å². The van der Waals surface area contributed by atoms with Crippen LogP contribution in [0.3, 0.4) is 0 Å². The van der Waals surface area contributed by atoms with Crippen molar-refractivity contribution < 1.29 is 24.2 Å². The standard InChI is InChI=1S/C20H26N2O5/c1-13(2)17(23)21-10-8-20(9-11-21)22(16(12-27-20)19(25)26)18(24)15-7-5-4-6-14(15)3/h4-7,13,16H,8-12H2,1-3H3,(H,25,26)/p-1/t16-/m1/s1. The first-order valence-electron chi connectivity index (χ1n) is 9.30. The smallest absolute Gasteiger partial charge is 0.257 e. The van der Waals surface area contributed by atoms with Gasteiger partial charge in [-0.15, -0.1) is 0 Å². The van der Waals surface area contributed by atoms with Crippen LogP contribution in [0.25, 0.3) is 0 Å². The Hall–Kier alpha value is -2.41. The van der Waals surface area contributed by atoms with Gasteiger partial charge in [0.25, 0.3) is 5.91 Å². The average molecular weight is 373 g/mol. The summed E-state index contributed by atoms with van der Waals surface area (Å²) in [4.78, 5) is 40.3. The monoisotopic (exact) mass is 373 g/mol. The third-order valence-electron chi connectivity index (χ3n) is 5.48. The molecule has 2 aliphatic rings. The number of rotatable bonds is 3. The topological polar surface area (TPSA) is 90.0 Å². The zero-order chi connectivity index (χ0) is 19.8. The Morgan fingerprint density at radius 1 is 1.19 bits per heavy atom. The lowest BCUT2D eigenvalue weighted by Gasteiger charge is -2.45. The molecule has 0 aromatic heterocycles. The molecule has 1 atom stereocenters. The summed E-state index contributed by atoms with van der Waals surface area (Å²) in [6.45, 7) is 6.26. The van der Waals surface area contributed by atoms with Crippen LogP contribution in [0, 0.1) is 12.8 Å². The molecule has 2 saturated heterocycles. The number of aryl methyl sites for hydroxylation is 1. The minimum Gasteiger partial charge on any atom is -0.548 e. The van der Waals surface area contributed by atoms with E-state index in [2.05, 4.69) is 0 Å². The summed E-state index contributed by atoms with van der Waals surface area (Å²) in [7, 11) is 0. The summed E-state index contributed by atoms with van der Waals surface area (Å²) in [6, 6.07) is 5.95. The van der Waals surface area contributed by atoms with Crippen molar-refractivity contribution in [1.82, 2.24) is 9.80 Å². The van der Waals surface area contributed by atoms with Gasteiger partial charge in [0.05, 0.1) is 18.6 Å². The van der Waals surface area contributed by atoms with E-state index in [-0.39, 0.29) is 24.3 Å². The maximum Gasteiger partial charge on any atom is 0.257 e. The number of ether oxygens (including phenoxy) is 1. The lowest BCUT2D eigenvalue weighted by Crippen LogP contribution is -2.60. The summed E-state index contributed by atoms with van der Waals surface area (Å²) in [5, 5.41) is 11.7. The normalized spacial score (nSPS) is 21.7. The molecule has 2 amide bonds. The van der Waals surface area contributed by atoms with Gasteiger partial charge >= 0.3 is 0 Å². The second kappa shape index (κ2) is 7.31. The van der Waals surface area contributed by atoms with E-state index in [1.54, 1.807) is 17.0 Å². The Labute approximate surface area is 158 Å². The summed E-state index contributed by atoms with van der Waals surface area (Å²) in [6.07, 6.45) is 0.764. The molecular weight excluding hydrogens is 348 g/mol. The summed E-state index contributed by atoms with van der Waals surface area (Å²) < 4.78 is 5.89. The van der Waals surface area contributed by atoms with E-state index < -0.39 is 17.7 Å². The van der Waals surface area contributed by atoms with Crippen LogP contribution in [-0.2, 0) is 14.3 Å². The summed E-state index contributed by atoms with van der Waals surface area (Å²) in [5.74, 6) is -1.75. The number of hydrogen-bond acceptors (Lipinski definition) is 5. The Kier molecular flexibility index (Phi) is 5.24. The first-order chi connectivity index (χ1) is 12.8. The zero-order valence-corrected chi connectivity index (χ0v) is 15.9.